The molecule has 1 atom stereocenters. The Morgan fingerprint density at radius 1 is 1.26 bits per heavy atom. The third-order valence-corrected chi connectivity index (χ3v) is 7.29. The van der Waals surface area contributed by atoms with Crippen molar-refractivity contribution in [2.75, 3.05) is 13.1 Å². The number of furan rings is 1. The zero-order valence-corrected chi connectivity index (χ0v) is 18.0. The molecular weight excluding hydrogens is 421 g/mol. The quantitative estimate of drug-likeness (QED) is 0.444. The second kappa shape index (κ2) is 7.27. The van der Waals surface area contributed by atoms with Crippen molar-refractivity contribution < 1.29 is 9.15 Å². The number of piperidine rings is 1. The van der Waals surface area contributed by atoms with E-state index in [1.165, 1.54) is 42.8 Å². The Balaban J connectivity index is 1.35. The van der Waals surface area contributed by atoms with Crippen LogP contribution in [0.4, 0.5) is 0 Å². The molecule has 5 nitrogen and oxygen atoms in total. The number of likely N-dealkylation sites (tertiary alicyclic amines) is 1. The standard InChI is InChI=1S/C20H20AsN3O2S/c21-14-5-8-24(9-6-14)11-13-12-25-17-10-15(3-4-16(13)17)26-20-23-19-18(27-20)2-1-7-22-19/h1-4,7,10,12,14H,5-6,8-9,11,21H2. The number of nitrogens with zero attached hydrogens (tertiary/aromatic N) is 3. The molecule has 1 aliphatic heterocycles. The summed E-state index contributed by atoms with van der Waals surface area (Å²) in [5.41, 5.74) is 2.83. The molecule has 1 aromatic carbocycles. The SMILES string of the molecule is [AsH2]C1CCN(Cc2coc3cc(Oc4nc5ncccc5s4)ccc23)CC1. The van der Waals surface area contributed by atoms with Gasteiger partial charge < -0.3 is 0 Å². The minimum absolute atomic E-state index is 0.596. The molecule has 0 N–H and O–H groups in total. The topological polar surface area (TPSA) is 51.4 Å². The van der Waals surface area contributed by atoms with Gasteiger partial charge in [-0.1, -0.05) is 11.3 Å². The summed E-state index contributed by atoms with van der Waals surface area (Å²) >= 11 is 3.38. The Morgan fingerprint density at radius 3 is 3.00 bits per heavy atom. The summed E-state index contributed by atoms with van der Waals surface area (Å²) in [6.07, 6.45) is 6.25. The van der Waals surface area contributed by atoms with E-state index >= 15 is 0 Å². The molecule has 0 bridgehead atoms. The van der Waals surface area contributed by atoms with Crippen LogP contribution < -0.4 is 4.74 Å². The molecule has 0 radical (unpaired) electrons. The average Bonchev–Trinajstić information content (AvgIpc) is 3.27. The maximum absolute atomic E-state index is 5.94. The summed E-state index contributed by atoms with van der Waals surface area (Å²) in [5, 5.41) is 1.76. The van der Waals surface area contributed by atoms with Crippen LogP contribution in [0.2, 0.25) is 4.71 Å². The predicted octanol–water partition coefficient (Wildman–Crippen LogP) is 4.25. The summed E-state index contributed by atoms with van der Waals surface area (Å²) in [6, 6.07) is 9.92. The van der Waals surface area contributed by atoms with Crippen LogP contribution in [0.1, 0.15) is 18.4 Å². The van der Waals surface area contributed by atoms with Crippen LogP contribution in [0.3, 0.4) is 0 Å². The van der Waals surface area contributed by atoms with Crippen LogP contribution >= 0.6 is 11.3 Å². The monoisotopic (exact) mass is 441 g/mol. The summed E-state index contributed by atoms with van der Waals surface area (Å²) in [7, 11) is 0. The Hall–Kier alpha value is -1.88. The van der Waals surface area contributed by atoms with Crippen molar-refractivity contribution in [2.45, 2.75) is 24.1 Å². The number of hydrogen-bond acceptors (Lipinski definition) is 6. The minimum atomic E-state index is 0.596. The van der Waals surface area contributed by atoms with E-state index in [0.29, 0.717) is 5.19 Å². The first kappa shape index (κ1) is 17.2. The molecule has 138 valence electrons. The van der Waals surface area contributed by atoms with Gasteiger partial charge in [-0.05, 0) is 12.1 Å². The molecule has 1 fully saturated rings. The molecule has 3 aromatic heterocycles. The van der Waals surface area contributed by atoms with Gasteiger partial charge in [0.2, 0.25) is 0 Å². The number of rotatable bonds is 4. The summed E-state index contributed by atoms with van der Waals surface area (Å²) < 4.78 is 13.7. The van der Waals surface area contributed by atoms with Crippen molar-refractivity contribution in [3.8, 4) is 10.9 Å². The van der Waals surface area contributed by atoms with Gasteiger partial charge in [-0.25, -0.2) is 4.98 Å². The fourth-order valence-corrected chi connectivity index (χ4v) is 4.92. The second-order valence-electron chi connectivity index (χ2n) is 6.94. The van der Waals surface area contributed by atoms with E-state index in [-0.39, 0.29) is 0 Å². The van der Waals surface area contributed by atoms with Gasteiger partial charge in [0.25, 0.3) is 0 Å². The third-order valence-electron chi connectivity index (χ3n) is 5.00. The van der Waals surface area contributed by atoms with E-state index in [4.69, 9.17) is 9.15 Å². The molecule has 1 saturated heterocycles. The molecular formula is C20H20AsN3O2S. The Bertz CT molecular complexity index is 1050. The van der Waals surface area contributed by atoms with Gasteiger partial charge >= 0.3 is 120 Å². The summed E-state index contributed by atoms with van der Waals surface area (Å²) in [5.74, 6) is 0.733. The van der Waals surface area contributed by atoms with E-state index in [0.717, 1.165) is 38.3 Å². The molecule has 4 aromatic rings. The first-order valence-electron chi connectivity index (χ1n) is 9.12. The zero-order chi connectivity index (χ0) is 18.2. The fourth-order valence-electron chi connectivity index (χ4n) is 3.50. The van der Waals surface area contributed by atoms with Crippen molar-refractivity contribution >= 4 is 49.5 Å². The first-order chi connectivity index (χ1) is 13.2. The van der Waals surface area contributed by atoms with Gasteiger partial charge in [-0.2, -0.15) is 4.98 Å². The van der Waals surface area contributed by atoms with Gasteiger partial charge in [0.15, 0.2) is 5.65 Å². The molecule has 27 heavy (non-hydrogen) atoms. The Labute approximate surface area is 169 Å². The van der Waals surface area contributed by atoms with Crippen LogP contribution in [0, 0.1) is 0 Å². The second-order valence-corrected chi connectivity index (χ2v) is 9.91. The number of aromatic nitrogens is 2. The van der Waals surface area contributed by atoms with E-state index in [9.17, 15) is 0 Å². The number of ether oxygens (including phenoxy) is 1. The van der Waals surface area contributed by atoms with E-state index in [1.54, 1.807) is 6.20 Å². The predicted molar refractivity (Wildman–Crippen MR) is 111 cm³/mol. The van der Waals surface area contributed by atoms with Crippen molar-refractivity contribution in [2.24, 2.45) is 0 Å². The number of thiazole rings is 1. The molecule has 1 unspecified atom stereocenters. The normalized spacial score (nSPS) is 16.3. The molecule has 7 heteroatoms. The van der Waals surface area contributed by atoms with Crippen molar-refractivity contribution in [1.82, 2.24) is 14.9 Å². The third kappa shape index (κ3) is 3.62. The van der Waals surface area contributed by atoms with Gasteiger partial charge in [-0.3, -0.25) is 0 Å². The van der Waals surface area contributed by atoms with Crippen LogP contribution in [-0.2, 0) is 6.54 Å². The molecule has 0 saturated carbocycles. The molecule has 1 aliphatic rings. The molecule has 0 aliphatic carbocycles. The average molecular weight is 441 g/mol. The van der Waals surface area contributed by atoms with Crippen molar-refractivity contribution in [3.63, 3.8) is 0 Å². The first-order valence-corrected chi connectivity index (χ1v) is 11.3. The molecule has 0 spiro atoms. The maximum atomic E-state index is 5.94. The van der Waals surface area contributed by atoms with Gasteiger partial charge in [-0.15, -0.1) is 0 Å². The molecule has 0 amide bonds. The zero-order valence-electron chi connectivity index (χ0n) is 14.8. The Kier molecular flexibility index (Phi) is 4.64. The van der Waals surface area contributed by atoms with Crippen LogP contribution in [0.25, 0.3) is 21.3 Å². The van der Waals surface area contributed by atoms with Gasteiger partial charge in [0.05, 0.1) is 4.70 Å². The van der Waals surface area contributed by atoms with Crippen LogP contribution in [0.5, 0.6) is 10.9 Å². The van der Waals surface area contributed by atoms with Crippen LogP contribution in [-0.4, -0.2) is 44.8 Å². The molecule has 4 heterocycles. The van der Waals surface area contributed by atoms with Crippen molar-refractivity contribution in [3.05, 3.63) is 48.4 Å². The van der Waals surface area contributed by atoms with Gasteiger partial charge in [0.1, 0.15) is 0 Å². The Morgan fingerprint density at radius 2 is 2.15 bits per heavy atom. The number of hydrogen-bond donors (Lipinski definition) is 0. The summed E-state index contributed by atoms with van der Waals surface area (Å²) in [4.78, 5) is 11.2. The van der Waals surface area contributed by atoms with Crippen LogP contribution in [0.15, 0.2) is 47.2 Å². The fraction of sp³-hybridized carbons (Fsp3) is 0.300. The van der Waals surface area contributed by atoms with Crippen molar-refractivity contribution in [1.29, 1.82) is 0 Å². The van der Waals surface area contributed by atoms with E-state index in [1.807, 2.05) is 47.4 Å². The number of fused-ring (bicyclic) bond motifs is 2. The van der Waals surface area contributed by atoms with E-state index in [2.05, 4.69) is 20.9 Å². The molecule has 5 rings (SSSR count). The number of pyridine rings is 1. The van der Waals surface area contributed by atoms with E-state index < -0.39 is 0 Å². The number of benzene rings is 1. The van der Waals surface area contributed by atoms with Gasteiger partial charge in [0, 0.05) is 6.20 Å². The summed E-state index contributed by atoms with van der Waals surface area (Å²) in [6.45, 7) is 3.32.